The third-order valence-electron chi connectivity index (χ3n) is 5.30. The molecule has 6 nitrogen and oxygen atoms in total. The van der Waals surface area contributed by atoms with Crippen LogP contribution in [0.15, 0.2) is 95.0 Å². The highest BCUT2D eigenvalue weighted by molar-refractivity contribution is 8.18. The van der Waals surface area contributed by atoms with Crippen LogP contribution in [-0.2, 0) is 11.3 Å². The third-order valence-corrected chi connectivity index (χ3v) is 6.21. The summed E-state index contributed by atoms with van der Waals surface area (Å²) in [6.45, 7) is 0.739. The Morgan fingerprint density at radius 3 is 2.48 bits per heavy atom. The lowest BCUT2D eigenvalue weighted by Crippen LogP contribution is -2.19. The molecule has 162 valence electrons. The molecule has 1 saturated heterocycles. The molecule has 0 aliphatic carbocycles. The zero-order valence-electron chi connectivity index (χ0n) is 17.4. The number of hydrogen-bond acceptors (Lipinski definition) is 4. The van der Waals surface area contributed by atoms with E-state index in [9.17, 15) is 9.59 Å². The minimum absolute atomic E-state index is 0.189. The fraction of sp³-hybridized carbons (Fsp3) is 0.0385. The Labute approximate surface area is 194 Å². The number of carbonyl (C=O) groups is 2. The van der Waals surface area contributed by atoms with Gasteiger partial charge in [-0.2, -0.15) is 0 Å². The van der Waals surface area contributed by atoms with E-state index in [0.29, 0.717) is 15.8 Å². The quantitative estimate of drug-likeness (QED) is 0.403. The number of carboxylic acids is 1. The van der Waals surface area contributed by atoms with Crippen LogP contribution in [0.5, 0.6) is 0 Å². The minimum Gasteiger partial charge on any atom is -0.478 e. The van der Waals surface area contributed by atoms with Gasteiger partial charge in [0.25, 0.3) is 5.91 Å². The highest BCUT2D eigenvalue weighted by Crippen LogP contribution is 2.31. The first-order chi connectivity index (χ1) is 16.1. The summed E-state index contributed by atoms with van der Waals surface area (Å²) in [4.78, 5) is 28.6. The molecule has 0 bridgehead atoms. The fourth-order valence-corrected chi connectivity index (χ4v) is 4.55. The summed E-state index contributed by atoms with van der Waals surface area (Å²) in [5, 5.41) is 13.3. The van der Waals surface area contributed by atoms with E-state index in [1.807, 2.05) is 36.4 Å². The molecule has 0 saturated carbocycles. The van der Waals surface area contributed by atoms with E-state index in [0.717, 1.165) is 23.0 Å². The van der Waals surface area contributed by atoms with Gasteiger partial charge < -0.3 is 15.0 Å². The van der Waals surface area contributed by atoms with Crippen LogP contribution in [0.3, 0.4) is 0 Å². The van der Waals surface area contributed by atoms with Crippen molar-refractivity contribution >= 4 is 51.5 Å². The number of rotatable bonds is 5. The zero-order valence-corrected chi connectivity index (χ0v) is 18.3. The summed E-state index contributed by atoms with van der Waals surface area (Å²) < 4.78 is 2.19. The molecule has 5 rings (SSSR count). The number of amides is 1. The van der Waals surface area contributed by atoms with Crippen LogP contribution in [0.2, 0.25) is 0 Å². The lowest BCUT2D eigenvalue weighted by atomic mass is 10.1. The minimum atomic E-state index is -0.991. The van der Waals surface area contributed by atoms with Crippen molar-refractivity contribution < 1.29 is 14.7 Å². The molecule has 1 amide bonds. The number of aliphatic imine (C=N–C) groups is 1. The van der Waals surface area contributed by atoms with Gasteiger partial charge in [-0.05, 0) is 53.7 Å². The van der Waals surface area contributed by atoms with Gasteiger partial charge in [0.1, 0.15) is 0 Å². The van der Waals surface area contributed by atoms with E-state index in [2.05, 4.69) is 45.3 Å². The summed E-state index contributed by atoms with van der Waals surface area (Å²) in [7, 11) is 0. The standard InChI is InChI=1S/C26H19N3O3S/c30-24-23(33-26(28-24)27-20-12-10-18(11-13-20)25(31)32)14-19-16-29(15-17-6-2-1-3-7-17)22-9-5-4-8-21(19)22/h1-14,16H,15H2,(H,31,32)(H,27,28,30)/b23-14-. The molecule has 0 radical (unpaired) electrons. The molecular weight excluding hydrogens is 434 g/mol. The van der Waals surface area contributed by atoms with Crippen molar-refractivity contribution in [1.82, 2.24) is 9.88 Å². The van der Waals surface area contributed by atoms with Crippen LogP contribution in [0.25, 0.3) is 17.0 Å². The summed E-state index contributed by atoms with van der Waals surface area (Å²) in [6.07, 6.45) is 3.96. The maximum atomic E-state index is 12.6. The average molecular weight is 454 g/mol. The first-order valence-corrected chi connectivity index (χ1v) is 11.1. The predicted octanol–water partition coefficient (Wildman–Crippen LogP) is 5.28. The number of amidine groups is 1. The number of carbonyl (C=O) groups excluding carboxylic acids is 1. The number of thioether (sulfide) groups is 1. The number of aromatic carboxylic acids is 1. The van der Waals surface area contributed by atoms with E-state index < -0.39 is 5.97 Å². The molecule has 0 spiro atoms. The molecule has 1 aliphatic rings. The Morgan fingerprint density at radius 2 is 1.73 bits per heavy atom. The Balaban J connectivity index is 1.43. The van der Waals surface area contributed by atoms with Crippen molar-refractivity contribution in [2.45, 2.75) is 6.54 Å². The molecular formula is C26H19N3O3S. The normalized spacial score (nSPS) is 15.9. The van der Waals surface area contributed by atoms with Crippen molar-refractivity contribution in [1.29, 1.82) is 0 Å². The number of fused-ring (bicyclic) bond motifs is 1. The van der Waals surface area contributed by atoms with Crippen molar-refractivity contribution in [3.63, 3.8) is 0 Å². The molecule has 2 heterocycles. The largest absolute Gasteiger partial charge is 0.478 e. The fourth-order valence-electron chi connectivity index (χ4n) is 3.72. The Morgan fingerprint density at radius 1 is 1.00 bits per heavy atom. The van der Waals surface area contributed by atoms with Gasteiger partial charge >= 0.3 is 5.97 Å². The van der Waals surface area contributed by atoms with Gasteiger partial charge in [0, 0.05) is 29.2 Å². The topological polar surface area (TPSA) is 83.7 Å². The second-order valence-electron chi connectivity index (χ2n) is 7.55. The van der Waals surface area contributed by atoms with Gasteiger partial charge in [-0.3, -0.25) is 4.79 Å². The molecule has 3 aromatic carbocycles. The maximum Gasteiger partial charge on any atom is 0.335 e. The van der Waals surface area contributed by atoms with Gasteiger partial charge in [0.05, 0.1) is 16.2 Å². The van der Waals surface area contributed by atoms with Crippen LogP contribution in [0, 0.1) is 0 Å². The Hall–Kier alpha value is -4.10. The molecule has 0 atom stereocenters. The monoisotopic (exact) mass is 453 g/mol. The van der Waals surface area contributed by atoms with Crippen molar-refractivity contribution in [3.8, 4) is 0 Å². The molecule has 0 unspecified atom stereocenters. The number of nitrogens with zero attached hydrogens (tertiary/aromatic N) is 2. The molecule has 1 fully saturated rings. The molecule has 1 aliphatic heterocycles. The van der Waals surface area contributed by atoms with Crippen LogP contribution in [0.1, 0.15) is 21.5 Å². The predicted molar refractivity (Wildman–Crippen MR) is 132 cm³/mol. The molecule has 33 heavy (non-hydrogen) atoms. The lowest BCUT2D eigenvalue weighted by molar-refractivity contribution is -0.115. The second-order valence-corrected chi connectivity index (χ2v) is 8.58. The first-order valence-electron chi connectivity index (χ1n) is 10.3. The second kappa shape index (κ2) is 8.80. The van der Waals surface area contributed by atoms with Crippen LogP contribution in [-0.4, -0.2) is 26.7 Å². The van der Waals surface area contributed by atoms with E-state index in [4.69, 9.17) is 5.11 Å². The van der Waals surface area contributed by atoms with Crippen LogP contribution in [0.4, 0.5) is 5.69 Å². The highest BCUT2D eigenvalue weighted by atomic mass is 32.2. The molecule has 1 aromatic heterocycles. The molecule has 2 N–H and O–H groups in total. The van der Waals surface area contributed by atoms with Crippen molar-refractivity contribution in [2.24, 2.45) is 4.99 Å². The third kappa shape index (κ3) is 4.44. The van der Waals surface area contributed by atoms with Crippen LogP contribution < -0.4 is 5.32 Å². The Bertz CT molecular complexity index is 1420. The number of carboxylic acid groups (broad SMARTS) is 1. The summed E-state index contributed by atoms with van der Waals surface area (Å²) in [5.41, 5.74) is 4.03. The van der Waals surface area contributed by atoms with Crippen LogP contribution >= 0.6 is 11.8 Å². The maximum absolute atomic E-state index is 12.6. The molecule has 7 heteroatoms. The van der Waals surface area contributed by atoms with Crippen molar-refractivity contribution in [3.05, 3.63) is 107 Å². The molecule has 4 aromatic rings. The van der Waals surface area contributed by atoms with E-state index >= 15 is 0 Å². The van der Waals surface area contributed by atoms with Gasteiger partial charge in [0.15, 0.2) is 5.17 Å². The van der Waals surface area contributed by atoms with Gasteiger partial charge in [-0.25, -0.2) is 9.79 Å². The summed E-state index contributed by atoms with van der Waals surface area (Å²) in [6, 6.07) is 24.6. The Kier molecular flexibility index (Phi) is 5.54. The number of para-hydroxylation sites is 1. The van der Waals surface area contributed by atoms with Gasteiger partial charge in [-0.1, -0.05) is 48.5 Å². The highest BCUT2D eigenvalue weighted by Gasteiger charge is 2.24. The zero-order chi connectivity index (χ0) is 22.8. The number of nitrogens with one attached hydrogen (secondary N) is 1. The summed E-state index contributed by atoms with van der Waals surface area (Å²) in [5.74, 6) is -1.20. The number of hydrogen-bond donors (Lipinski definition) is 2. The smallest absolute Gasteiger partial charge is 0.335 e. The SMILES string of the molecule is O=C1NC(=Nc2ccc(C(=O)O)cc2)S/C1=C\c1cn(Cc2ccccc2)c2ccccc12. The van der Waals surface area contributed by atoms with Gasteiger partial charge in [0.2, 0.25) is 0 Å². The van der Waals surface area contributed by atoms with E-state index in [1.165, 1.54) is 29.5 Å². The number of benzene rings is 3. The van der Waals surface area contributed by atoms with Gasteiger partial charge in [-0.15, -0.1) is 0 Å². The first kappa shape index (κ1) is 20.8. The summed E-state index contributed by atoms with van der Waals surface area (Å²) >= 11 is 1.27. The number of aromatic nitrogens is 1. The van der Waals surface area contributed by atoms with E-state index in [-0.39, 0.29) is 11.5 Å². The lowest BCUT2D eigenvalue weighted by Gasteiger charge is -2.05. The van der Waals surface area contributed by atoms with Crippen molar-refractivity contribution in [2.75, 3.05) is 0 Å². The van der Waals surface area contributed by atoms with E-state index in [1.54, 1.807) is 12.1 Å². The average Bonchev–Trinajstić information content (AvgIpc) is 3.34.